The van der Waals surface area contributed by atoms with Crippen molar-refractivity contribution < 1.29 is 19.1 Å². The van der Waals surface area contributed by atoms with Crippen LogP contribution >= 0.6 is 0 Å². The van der Waals surface area contributed by atoms with Crippen LogP contribution in [-0.2, 0) is 4.79 Å². The van der Waals surface area contributed by atoms with Crippen molar-refractivity contribution in [2.24, 2.45) is 5.92 Å². The van der Waals surface area contributed by atoms with Crippen molar-refractivity contribution in [1.29, 1.82) is 0 Å². The Bertz CT molecular complexity index is 818. The van der Waals surface area contributed by atoms with E-state index >= 15 is 0 Å². The number of carbonyl (C=O) groups excluding carboxylic acids is 2. The van der Waals surface area contributed by atoms with Crippen LogP contribution in [0.15, 0.2) is 42.5 Å². The summed E-state index contributed by atoms with van der Waals surface area (Å²) in [4.78, 5) is 25.3. The summed E-state index contributed by atoms with van der Waals surface area (Å²) >= 11 is 0. The van der Waals surface area contributed by atoms with Gasteiger partial charge in [0.1, 0.15) is 6.04 Å². The van der Waals surface area contributed by atoms with Crippen LogP contribution in [0.3, 0.4) is 0 Å². The molecule has 0 spiro atoms. The molecule has 2 aromatic carbocycles. The fraction of sp³-hybridized carbons (Fsp3) is 0.333. The number of nitrogens with one attached hydrogen (secondary N) is 2. The lowest BCUT2D eigenvalue weighted by Gasteiger charge is -2.22. The van der Waals surface area contributed by atoms with Gasteiger partial charge in [0, 0.05) is 17.3 Å². The molecule has 2 aromatic rings. The molecule has 0 radical (unpaired) electrons. The number of hydrogen-bond acceptors (Lipinski definition) is 4. The number of anilines is 1. The van der Waals surface area contributed by atoms with Crippen molar-refractivity contribution in [3.05, 3.63) is 53.6 Å². The maximum Gasteiger partial charge on any atom is 0.251 e. The first-order valence-electron chi connectivity index (χ1n) is 8.76. The summed E-state index contributed by atoms with van der Waals surface area (Å²) in [6.07, 6.45) is 0. The predicted molar refractivity (Wildman–Crippen MR) is 105 cm³/mol. The summed E-state index contributed by atoms with van der Waals surface area (Å²) in [7, 11) is 3.08. The number of ether oxygens (including phenoxy) is 2. The Balaban J connectivity index is 2.14. The average Bonchev–Trinajstić information content (AvgIpc) is 2.65. The highest BCUT2D eigenvalue weighted by Crippen LogP contribution is 2.29. The van der Waals surface area contributed by atoms with Gasteiger partial charge in [0.15, 0.2) is 11.5 Å². The van der Waals surface area contributed by atoms with Gasteiger partial charge in [0.25, 0.3) is 5.91 Å². The molecule has 6 heteroatoms. The van der Waals surface area contributed by atoms with Crippen LogP contribution < -0.4 is 20.1 Å². The monoisotopic (exact) mass is 370 g/mol. The zero-order chi connectivity index (χ0) is 20.0. The second kappa shape index (κ2) is 9.07. The van der Waals surface area contributed by atoms with Gasteiger partial charge in [-0.1, -0.05) is 31.5 Å². The number of rotatable bonds is 7. The van der Waals surface area contributed by atoms with Crippen molar-refractivity contribution in [2.75, 3.05) is 19.5 Å². The van der Waals surface area contributed by atoms with E-state index in [2.05, 4.69) is 10.6 Å². The minimum Gasteiger partial charge on any atom is -0.493 e. The summed E-state index contributed by atoms with van der Waals surface area (Å²) in [5, 5.41) is 5.65. The second-order valence-electron chi connectivity index (χ2n) is 6.62. The highest BCUT2D eigenvalue weighted by atomic mass is 16.5. The van der Waals surface area contributed by atoms with Crippen LogP contribution in [0.4, 0.5) is 5.69 Å². The van der Waals surface area contributed by atoms with E-state index in [9.17, 15) is 9.59 Å². The Kier molecular flexibility index (Phi) is 6.82. The molecule has 0 aromatic heterocycles. The predicted octanol–water partition coefficient (Wildman–Crippen LogP) is 3.41. The molecule has 0 saturated carbocycles. The number of aryl methyl sites for hydroxylation is 1. The van der Waals surface area contributed by atoms with Gasteiger partial charge < -0.3 is 20.1 Å². The number of amides is 2. The van der Waals surface area contributed by atoms with E-state index in [0.717, 1.165) is 5.56 Å². The average molecular weight is 370 g/mol. The van der Waals surface area contributed by atoms with Crippen LogP contribution in [0.2, 0.25) is 0 Å². The molecule has 0 saturated heterocycles. The number of methoxy groups -OCH3 is 2. The Morgan fingerprint density at radius 2 is 1.67 bits per heavy atom. The van der Waals surface area contributed by atoms with Gasteiger partial charge in [-0.25, -0.2) is 0 Å². The molecule has 0 fully saturated rings. The van der Waals surface area contributed by atoms with Crippen LogP contribution in [0.1, 0.15) is 29.8 Å². The number of carbonyl (C=O) groups is 2. The molecule has 1 atom stereocenters. The minimum absolute atomic E-state index is 0.0843. The lowest BCUT2D eigenvalue weighted by atomic mass is 10.0. The van der Waals surface area contributed by atoms with Crippen LogP contribution in [0.5, 0.6) is 11.5 Å². The molecular formula is C21H26N2O4. The summed E-state index contributed by atoms with van der Waals surface area (Å²) in [5.74, 6) is 0.431. The molecule has 144 valence electrons. The third-order valence-electron chi connectivity index (χ3n) is 4.17. The SMILES string of the molecule is COc1ccc(NC(=O)C(NC(=O)c2cccc(C)c2)C(C)C)cc1OC. The van der Waals surface area contributed by atoms with Gasteiger partial charge in [-0.2, -0.15) is 0 Å². The zero-order valence-corrected chi connectivity index (χ0v) is 16.3. The number of benzene rings is 2. The van der Waals surface area contributed by atoms with E-state index in [1.807, 2.05) is 32.9 Å². The quantitative estimate of drug-likeness (QED) is 0.783. The van der Waals surface area contributed by atoms with Gasteiger partial charge in [-0.3, -0.25) is 9.59 Å². The van der Waals surface area contributed by atoms with Gasteiger partial charge in [0.05, 0.1) is 14.2 Å². The van der Waals surface area contributed by atoms with E-state index in [1.165, 1.54) is 7.11 Å². The highest BCUT2D eigenvalue weighted by molar-refractivity contribution is 6.01. The smallest absolute Gasteiger partial charge is 0.251 e. The first kappa shape index (κ1) is 20.3. The zero-order valence-electron chi connectivity index (χ0n) is 16.3. The Hall–Kier alpha value is -3.02. The van der Waals surface area contributed by atoms with Crippen LogP contribution in [0, 0.1) is 12.8 Å². The van der Waals surface area contributed by atoms with Crippen molar-refractivity contribution >= 4 is 17.5 Å². The topological polar surface area (TPSA) is 76.7 Å². The molecule has 0 bridgehead atoms. The third kappa shape index (κ3) is 5.23. The normalized spacial score (nSPS) is 11.6. The maximum absolute atomic E-state index is 12.7. The van der Waals surface area contributed by atoms with Crippen molar-refractivity contribution in [3.8, 4) is 11.5 Å². The van der Waals surface area contributed by atoms with Crippen LogP contribution in [0.25, 0.3) is 0 Å². The highest BCUT2D eigenvalue weighted by Gasteiger charge is 2.25. The minimum atomic E-state index is -0.675. The Labute approximate surface area is 159 Å². The molecule has 2 rings (SSSR count). The van der Waals surface area contributed by atoms with E-state index in [4.69, 9.17) is 9.47 Å². The molecule has 2 N–H and O–H groups in total. The number of hydrogen-bond donors (Lipinski definition) is 2. The summed E-state index contributed by atoms with van der Waals surface area (Å²) in [6, 6.07) is 11.7. The Morgan fingerprint density at radius 1 is 0.963 bits per heavy atom. The largest absolute Gasteiger partial charge is 0.493 e. The van der Waals surface area contributed by atoms with Gasteiger partial charge in [-0.15, -0.1) is 0 Å². The van der Waals surface area contributed by atoms with Gasteiger partial charge in [-0.05, 0) is 37.1 Å². The fourth-order valence-corrected chi connectivity index (χ4v) is 2.68. The molecule has 6 nitrogen and oxygen atoms in total. The molecular weight excluding hydrogens is 344 g/mol. The summed E-state index contributed by atoms with van der Waals surface area (Å²) < 4.78 is 10.5. The molecule has 0 aliphatic rings. The lowest BCUT2D eigenvalue weighted by molar-refractivity contribution is -0.118. The summed E-state index contributed by atoms with van der Waals surface area (Å²) in [6.45, 7) is 5.69. The first-order chi connectivity index (χ1) is 12.8. The van der Waals surface area contributed by atoms with E-state index in [-0.39, 0.29) is 17.7 Å². The van der Waals surface area contributed by atoms with Gasteiger partial charge in [0.2, 0.25) is 5.91 Å². The molecule has 2 amide bonds. The molecule has 0 aliphatic carbocycles. The van der Waals surface area contributed by atoms with E-state index in [1.54, 1.807) is 37.4 Å². The molecule has 0 heterocycles. The van der Waals surface area contributed by atoms with Crippen molar-refractivity contribution in [3.63, 3.8) is 0 Å². The molecule has 27 heavy (non-hydrogen) atoms. The maximum atomic E-state index is 12.7. The van der Waals surface area contributed by atoms with E-state index < -0.39 is 6.04 Å². The fourth-order valence-electron chi connectivity index (χ4n) is 2.68. The molecule has 0 aliphatic heterocycles. The van der Waals surface area contributed by atoms with Crippen molar-refractivity contribution in [1.82, 2.24) is 5.32 Å². The first-order valence-corrected chi connectivity index (χ1v) is 8.76. The summed E-state index contributed by atoms with van der Waals surface area (Å²) in [5.41, 5.74) is 2.08. The van der Waals surface area contributed by atoms with Crippen molar-refractivity contribution in [2.45, 2.75) is 26.8 Å². The van der Waals surface area contributed by atoms with Crippen LogP contribution in [-0.4, -0.2) is 32.1 Å². The van der Waals surface area contributed by atoms with Gasteiger partial charge >= 0.3 is 0 Å². The lowest BCUT2D eigenvalue weighted by Crippen LogP contribution is -2.47. The second-order valence-corrected chi connectivity index (χ2v) is 6.62. The molecule has 1 unspecified atom stereocenters. The van der Waals surface area contributed by atoms with E-state index in [0.29, 0.717) is 22.7 Å². The standard InChI is InChI=1S/C21H26N2O4/c1-13(2)19(23-20(24)15-8-6-7-14(3)11-15)21(25)22-16-9-10-17(26-4)18(12-16)27-5/h6-13,19H,1-5H3,(H,22,25)(H,23,24). The Morgan fingerprint density at radius 3 is 2.26 bits per heavy atom. The third-order valence-corrected chi connectivity index (χ3v) is 4.17.